The Hall–Kier alpha value is -2.12. The van der Waals surface area contributed by atoms with Gasteiger partial charge in [0, 0.05) is 31.1 Å². The second kappa shape index (κ2) is 9.24. The summed E-state index contributed by atoms with van der Waals surface area (Å²) in [4.78, 5) is 15.5. The molecule has 2 rings (SSSR count). The number of amides is 1. The fourth-order valence-electron chi connectivity index (χ4n) is 2.60. The highest BCUT2D eigenvalue weighted by Gasteiger charge is 2.23. The molecular formula is C17H19ClN4O2. The molecule has 0 saturated carbocycles. The van der Waals surface area contributed by atoms with Gasteiger partial charge in [0.15, 0.2) is 0 Å². The summed E-state index contributed by atoms with van der Waals surface area (Å²) < 4.78 is 5.80. The highest BCUT2D eigenvalue weighted by atomic mass is 35.5. The van der Waals surface area contributed by atoms with Gasteiger partial charge in [-0.3, -0.25) is 9.69 Å². The zero-order chi connectivity index (χ0) is 17.4. The van der Waals surface area contributed by atoms with E-state index in [2.05, 4.69) is 4.90 Å². The van der Waals surface area contributed by atoms with E-state index in [0.29, 0.717) is 24.7 Å². The van der Waals surface area contributed by atoms with Gasteiger partial charge in [-0.25, -0.2) is 0 Å². The topological polar surface area (TPSA) is 80.4 Å². The van der Waals surface area contributed by atoms with Crippen molar-refractivity contribution in [2.75, 3.05) is 39.3 Å². The van der Waals surface area contributed by atoms with Gasteiger partial charge in [0.2, 0.25) is 5.91 Å². The Morgan fingerprint density at radius 1 is 1.29 bits per heavy atom. The SMILES string of the molecule is N#CCN(CC#N)C(=O)CCN1CCO[C@H](c2ccc(Cl)cc2)C1. The number of hydrogen-bond donors (Lipinski definition) is 0. The third kappa shape index (κ3) is 5.21. The first-order chi connectivity index (χ1) is 11.6. The molecule has 0 bridgehead atoms. The van der Waals surface area contributed by atoms with Crippen LogP contribution in [0.1, 0.15) is 18.1 Å². The molecule has 0 N–H and O–H groups in total. The van der Waals surface area contributed by atoms with Crippen molar-refractivity contribution in [3.8, 4) is 12.1 Å². The molecule has 0 radical (unpaired) electrons. The Morgan fingerprint density at radius 3 is 2.58 bits per heavy atom. The minimum absolute atomic E-state index is 0.0413. The molecule has 0 spiro atoms. The molecule has 126 valence electrons. The van der Waals surface area contributed by atoms with E-state index in [1.54, 1.807) is 0 Å². The van der Waals surface area contributed by atoms with Gasteiger partial charge in [0.1, 0.15) is 13.1 Å². The molecule has 0 aromatic heterocycles. The number of benzene rings is 1. The smallest absolute Gasteiger partial charge is 0.225 e. The lowest BCUT2D eigenvalue weighted by Crippen LogP contribution is -2.41. The van der Waals surface area contributed by atoms with E-state index in [4.69, 9.17) is 26.9 Å². The van der Waals surface area contributed by atoms with Crippen LogP contribution in [0, 0.1) is 22.7 Å². The van der Waals surface area contributed by atoms with Crippen LogP contribution in [0.3, 0.4) is 0 Å². The number of nitrogens with zero attached hydrogens (tertiary/aromatic N) is 4. The van der Waals surface area contributed by atoms with E-state index in [-0.39, 0.29) is 31.5 Å². The summed E-state index contributed by atoms with van der Waals surface area (Å²) in [6.07, 6.45) is 0.247. The Labute approximate surface area is 146 Å². The molecule has 1 fully saturated rings. The molecule has 1 aromatic rings. The highest BCUT2D eigenvalue weighted by Crippen LogP contribution is 2.23. The number of carbonyl (C=O) groups is 1. The van der Waals surface area contributed by atoms with Crippen LogP contribution in [0.2, 0.25) is 5.02 Å². The lowest BCUT2D eigenvalue weighted by atomic mass is 10.1. The van der Waals surface area contributed by atoms with Crippen LogP contribution in [0.15, 0.2) is 24.3 Å². The van der Waals surface area contributed by atoms with Crippen molar-refractivity contribution < 1.29 is 9.53 Å². The summed E-state index contributed by atoms with van der Waals surface area (Å²) in [5.74, 6) is -0.173. The van der Waals surface area contributed by atoms with Crippen LogP contribution >= 0.6 is 11.6 Å². The van der Waals surface area contributed by atoms with Gasteiger partial charge in [0.05, 0.1) is 24.8 Å². The average Bonchev–Trinajstić information content (AvgIpc) is 2.60. The van der Waals surface area contributed by atoms with Crippen molar-refractivity contribution >= 4 is 17.5 Å². The van der Waals surface area contributed by atoms with Crippen LogP contribution in [0.25, 0.3) is 0 Å². The molecule has 7 heteroatoms. The molecule has 6 nitrogen and oxygen atoms in total. The lowest BCUT2D eigenvalue weighted by Gasteiger charge is -2.33. The zero-order valence-corrected chi connectivity index (χ0v) is 14.1. The third-order valence-electron chi connectivity index (χ3n) is 3.91. The minimum atomic E-state index is -0.173. The van der Waals surface area contributed by atoms with E-state index in [1.807, 2.05) is 36.4 Å². The predicted octanol–water partition coefficient (Wildman–Crippen LogP) is 1.98. The quantitative estimate of drug-likeness (QED) is 0.736. The van der Waals surface area contributed by atoms with Gasteiger partial charge in [0.25, 0.3) is 0 Å². The first-order valence-electron chi connectivity index (χ1n) is 7.75. The summed E-state index contributed by atoms with van der Waals surface area (Å²) in [5.41, 5.74) is 1.06. The predicted molar refractivity (Wildman–Crippen MR) is 89.0 cm³/mol. The number of nitriles is 2. The summed E-state index contributed by atoms with van der Waals surface area (Å²) >= 11 is 5.91. The largest absolute Gasteiger partial charge is 0.371 e. The Bertz CT molecular complexity index is 619. The van der Waals surface area contributed by atoms with Crippen molar-refractivity contribution in [2.24, 2.45) is 0 Å². The first kappa shape index (κ1) is 18.2. The van der Waals surface area contributed by atoms with Gasteiger partial charge >= 0.3 is 0 Å². The number of ether oxygens (including phenoxy) is 1. The zero-order valence-electron chi connectivity index (χ0n) is 13.3. The first-order valence-corrected chi connectivity index (χ1v) is 8.13. The second-order valence-electron chi connectivity index (χ2n) is 5.53. The van der Waals surface area contributed by atoms with E-state index < -0.39 is 0 Å². The van der Waals surface area contributed by atoms with E-state index in [1.165, 1.54) is 4.90 Å². The maximum Gasteiger partial charge on any atom is 0.225 e. The molecule has 1 heterocycles. The van der Waals surface area contributed by atoms with Crippen LogP contribution in [-0.2, 0) is 9.53 Å². The number of morpholine rings is 1. The lowest BCUT2D eigenvalue weighted by molar-refractivity contribution is -0.130. The van der Waals surface area contributed by atoms with E-state index in [9.17, 15) is 4.79 Å². The fourth-order valence-corrected chi connectivity index (χ4v) is 2.73. The van der Waals surface area contributed by atoms with Gasteiger partial charge in [-0.05, 0) is 17.7 Å². The highest BCUT2D eigenvalue weighted by molar-refractivity contribution is 6.30. The van der Waals surface area contributed by atoms with Gasteiger partial charge in [-0.1, -0.05) is 23.7 Å². The minimum Gasteiger partial charge on any atom is -0.371 e. The number of halogens is 1. The molecule has 1 saturated heterocycles. The maximum atomic E-state index is 12.1. The average molecular weight is 347 g/mol. The van der Waals surface area contributed by atoms with E-state index in [0.717, 1.165) is 12.1 Å². The van der Waals surface area contributed by atoms with Crippen molar-refractivity contribution in [1.82, 2.24) is 9.80 Å². The van der Waals surface area contributed by atoms with Crippen LogP contribution in [0.4, 0.5) is 0 Å². The molecule has 1 atom stereocenters. The van der Waals surface area contributed by atoms with Crippen molar-refractivity contribution in [2.45, 2.75) is 12.5 Å². The van der Waals surface area contributed by atoms with Crippen LogP contribution in [-0.4, -0.2) is 55.0 Å². The number of rotatable bonds is 6. The molecule has 0 unspecified atom stereocenters. The molecule has 24 heavy (non-hydrogen) atoms. The molecule has 1 aliphatic heterocycles. The standard InChI is InChI=1S/C17H19ClN4O2/c18-15-3-1-14(2-4-15)16-13-21(11-12-24-16)8-5-17(23)22(9-6-19)10-7-20/h1-4,16H,5,8-13H2/t16-/m0/s1. The van der Waals surface area contributed by atoms with Crippen molar-refractivity contribution in [3.05, 3.63) is 34.9 Å². The molecular weight excluding hydrogens is 328 g/mol. The maximum absolute atomic E-state index is 12.1. The van der Waals surface area contributed by atoms with E-state index >= 15 is 0 Å². The summed E-state index contributed by atoms with van der Waals surface area (Å²) in [6, 6.07) is 11.4. The van der Waals surface area contributed by atoms with Crippen LogP contribution < -0.4 is 0 Å². The Kier molecular flexibility index (Phi) is 7.02. The molecule has 1 aromatic carbocycles. The monoisotopic (exact) mass is 346 g/mol. The molecule has 1 amide bonds. The fraction of sp³-hybridized carbons (Fsp3) is 0.471. The third-order valence-corrected chi connectivity index (χ3v) is 4.16. The van der Waals surface area contributed by atoms with Crippen molar-refractivity contribution in [3.63, 3.8) is 0 Å². The summed E-state index contributed by atoms with van der Waals surface area (Å²) in [7, 11) is 0. The normalized spacial score (nSPS) is 17.7. The summed E-state index contributed by atoms with van der Waals surface area (Å²) in [6.45, 7) is 2.53. The Morgan fingerprint density at radius 2 is 1.96 bits per heavy atom. The van der Waals surface area contributed by atoms with Gasteiger partial charge in [-0.2, -0.15) is 10.5 Å². The molecule has 1 aliphatic rings. The number of carbonyl (C=O) groups excluding carboxylic acids is 1. The van der Waals surface area contributed by atoms with Crippen molar-refractivity contribution in [1.29, 1.82) is 10.5 Å². The summed E-state index contributed by atoms with van der Waals surface area (Å²) in [5, 5.41) is 18.1. The number of hydrogen-bond acceptors (Lipinski definition) is 5. The van der Waals surface area contributed by atoms with Gasteiger partial charge in [-0.15, -0.1) is 0 Å². The van der Waals surface area contributed by atoms with Gasteiger partial charge < -0.3 is 9.64 Å². The molecule has 0 aliphatic carbocycles. The Balaban J connectivity index is 1.86. The second-order valence-corrected chi connectivity index (χ2v) is 5.96. The van der Waals surface area contributed by atoms with Crippen LogP contribution in [0.5, 0.6) is 0 Å².